The monoisotopic (exact) mass is 598 g/mol. The average molecular weight is 599 g/mol. The van der Waals surface area contributed by atoms with Crippen molar-refractivity contribution in [1.82, 2.24) is 5.16 Å². The van der Waals surface area contributed by atoms with Crippen LogP contribution in [0.2, 0.25) is 5.02 Å². The van der Waals surface area contributed by atoms with Gasteiger partial charge in [0, 0.05) is 16.5 Å². The molecule has 4 N–H and O–H groups in total. The van der Waals surface area contributed by atoms with Crippen LogP contribution >= 0.6 is 11.6 Å². The molecule has 43 heavy (non-hydrogen) atoms. The van der Waals surface area contributed by atoms with Crippen molar-refractivity contribution in [3.05, 3.63) is 123 Å². The first-order chi connectivity index (χ1) is 20.8. The maximum atomic E-state index is 14.1. The van der Waals surface area contributed by atoms with Gasteiger partial charge in [0.05, 0.1) is 11.6 Å². The maximum absolute atomic E-state index is 14.1. The van der Waals surface area contributed by atoms with Crippen LogP contribution in [0.25, 0.3) is 0 Å². The third-order valence-electron chi connectivity index (χ3n) is 8.69. The zero-order valence-corrected chi connectivity index (χ0v) is 23.6. The smallest absolute Gasteiger partial charge is 0.265 e. The van der Waals surface area contributed by atoms with Gasteiger partial charge in [-0.15, -0.1) is 0 Å². The predicted molar refractivity (Wildman–Crippen MR) is 155 cm³/mol. The number of allylic oxidation sites excluding steroid dienone is 1. The highest BCUT2D eigenvalue weighted by molar-refractivity contribution is 6.32. The van der Waals surface area contributed by atoms with Gasteiger partial charge >= 0.3 is 0 Å². The van der Waals surface area contributed by atoms with Gasteiger partial charge in [-0.05, 0) is 52.7 Å². The quantitative estimate of drug-likeness (QED) is 0.269. The molecule has 3 aliphatic rings. The van der Waals surface area contributed by atoms with E-state index in [2.05, 4.69) is 5.16 Å². The van der Waals surface area contributed by atoms with Crippen LogP contribution in [0.15, 0.2) is 88.7 Å². The van der Waals surface area contributed by atoms with Crippen LogP contribution in [-0.4, -0.2) is 32.5 Å². The standard InChI is InChI=1S/C33H27ClN2O7/c34-22-11-12-23(41-15-17-7-3-1-4-8-17)25-20(22)13-19-14-21-27(35)29-26(31(39)33(21,40)30(38)24(19)28(25)37)32(36-43-29)42-16-18-9-5-2-6-10-18/h1-12,19,21,27,38,40H,13-16,35H2/t19-,21-,27-,33-/m0/s1. The molecule has 3 aliphatic carbocycles. The minimum atomic E-state index is -2.48. The first-order valence-electron chi connectivity index (χ1n) is 13.9. The Morgan fingerprint density at radius 2 is 1.60 bits per heavy atom. The van der Waals surface area contributed by atoms with Crippen molar-refractivity contribution in [2.75, 3.05) is 0 Å². The number of aliphatic hydroxyl groups is 2. The summed E-state index contributed by atoms with van der Waals surface area (Å²) in [5, 5.41) is 27.9. The molecule has 0 amide bonds. The minimum absolute atomic E-state index is 0.0507. The summed E-state index contributed by atoms with van der Waals surface area (Å²) < 4.78 is 17.3. The number of hydrogen-bond acceptors (Lipinski definition) is 9. The molecule has 218 valence electrons. The van der Waals surface area contributed by atoms with Gasteiger partial charge in [0.25, 0.3) is 5.88 Å². The summed E-state index contributed by atoms with van der Waals surface area (Å²) in [6, 6.07) is 21.0. The summed E-state index contributed by atoms with van der Waals surface area (Å²) >= 11 is 6.57. The van der Waals surface area contributed by atoms with E-state index in [1.807, 2.05) is 60.7 Å². The van der Waals surface area contributed by atoms with Crippen LogP contribution in [0.4, 0.5) is 0 Å². The maximum Gasteiger partial charge on any atom is 0.265 e. The van der Waals surface area contributed by atoms with Gasteiger partial charge in [0.1, 0.15) is 30.3 Å². The molecule has 7 rings (SSSR count). The molecular formula is C33H27ClN2O7. The van der Waals surface area contributed by atoms with Gasteiger partial charge in [-0.25, -0.2) is 0 Å². The molecule has 4 aromatic rings. The molecule has 1 aromatic heterocycles. The Morgan fingerprint density at radius 3 is 2.28 bits per heavy atom. The Labute approximate surface area is 251 Å². The van der Waals surface area contributed by atoms with Crippen molar-refractivity contribution < 1.29 is 33.8 Å². The molecule has 0 bridgehead atoms. The first-order valence-corrected chi connectivity index (χ1v) is 14.3. The fourth-order valence-electron chi connectivity index (χ4n) is 6.54. The topological polar surface area (TPSA) is 145 Å². The van der Waals surface area contributed by atoms with Gasteiger partial charge in [-0.2, -0.15) is 0 Å². The van der Waals surface area contributed by atoms with Gasteiger partial charge in [0.15, 0.2) is 17.1 Å². The number of ketones is 2. The third kappa shape index (κ3) is 4.26. The number of aliphatic hydroxyl groups excluding tert-OH is 1. The molecule has 10 heteroatoms. The summed E-state index contributed by atoms with van der Waals surface area (Å²) in [6.45, 7) is 0.291. The van der Waals surface area contributed by atoms with Crippen molar-refractivity contribution in [3.8, 4) is 11.6 Å². The molecule has 3 aromatic carbocycles. The van der Waals surface area contributed by atoms with E-state index < -0.39 is 40.8 Å². The summed E-state index contributed by atoms with van der Waals surface area (Å²) in [5.74, 6) is -3.48. The second-order valence-corrected chi connectivity index (χ2v) is 11.5. The molecule has 0 saturated heterocycles. The van der Waals surface area contributed by atoms with Crippen molar-refractivity contribution in [1.29, 1.82) is 0 Å². The fourth-order valence-corrected chi connectivity index (χ4v) is 6.77. The van der Waals surface area contributed by atoms with Crippen LogP contribution in [0.1, 0.15) is 55.6 Å². The molecule has 0 fully saturated rings. The van der Waals surface area contributed by atoms with E-state index in [4.69, 9.17) is 31.3 Å². The first kappa shape index (κ1) is 27.4. The summed E-state index contributed by atoms with van der Waals surface area (Å²) in [5.41, 5.74) is 6.40. The summed E-state index contributed by atoms with van der Waals surface area (Å²) in [7, 11) is 0. The normalized spacial score (nSPS) is 24.1. The Bertz CT molecular complexity index is 1790. The summed E-state index contributed by atoms with van der Waals surface area (Å²) in [4.78, 5) is 28.1. The van der Waals surface area contributed by atoms with E-state index in [1.165, 1.54) is 0 Å². The van der Waals surface area contributed by atoms with Crippen LogP contribution in [0.5, 0.6) is 11.6 Å². The number of aromatic nitrogens is 1. The number of fused-ring (bicyclic) bond motifs is 4. The van der Waals surface area contributed by atoms with E-state index in [9.17, 15) is 19.8 Å². The lowest BCUT2D eigenvalue weighted by Crippen LogP contribution is -2.58. The van der Waals surface area contributed by atoms with Crippen molar-refractivity contribution >= 4 is 23.2 Å². The Balaban J connectivity index is 1.26. The van der Waals surface area contributed by atoms with E-state index in [0.717, 1.165) is 11.1 Å². The third-order valence-corrected chi connectivity index (χ3v) is 9.05. The number of rotatable bonds is 6. The zero-order chi connectivity index (χ0) is 29.9. The molecular weight excluding hydrogens is 572 g/mol. The second-order valence-electron chi connectivity index (χ2n) is 11.1. The largest absolute Gasteiger partial charge is 0.508 e. The highest BCUT2D eigenvalue weighted by Crippen LogP contribution is 2.55. The SMILES string of the molecule is N[C@@H]1c2onc(OCc3ccccc3)c2C(=O)[C@@]2(O)C(O)=C3C(=O)c4c(OCc5ccccc5)ccc(Cl)c4C[C@H]3C[C@@H]12. The number of carbonyl (C=O) groups is 2. The van der Waals surface area contributed by atoms with Crippen LogP contribution < -0.4 is 15.2 Å². The molecule has 0 spiro atoms. The molecule has 0 radical (unpaired) electrons. The summed E-state index contributed by atoms with van der Waals surface area (Å²) in [6.07, 6.45) is 0.407. The number of carbonyl (C=O) groups excluding carboxylic acids is 2. The highest BCUT2D eigenvalue weighted by Gasteiger charge is 2.62. The lowest BCUT2D eigenvalue weighted by molar-refractivity contribution is -0.0356. The lowest BCUT2D eigenvalue weighted by Gasteiger charge is -2.47. The number of halogens is 1. The average Bonchev–Trinajstić information content (AvgIpc) is 3.45. The van der Waals surface area contributed by atoms with Crippen molar-refractivity contribution in [3.63, 3.8) is 0 Å². The number of Topliss-reactive ketones (excluding diaryl/α,β-unsaturated/α-hetero) is 2. The molecule has 0 saturated carbocycles. The number of benzene rings is 3. The van der Waals surface area contributed by atoms with Gasteiger partial charge < -0.3 is 29.9 Å². The zero-order valence-electron chi connectivity index (χ0n) is 22.8. The van der Waals surface area contributed by atoms with Crippen LogP contribution in [0.3, 0.4) is 0 Å². The van der Waals surface area contributed by atoms with Crippen LogP contribution in [0, 0.1) is 11.8 Å². The molecule has 4 atom stereocenters. The second kappa shape index (κ2) is 10.4. The van der Waals surface area contributed by atoms with Crippen molar-refractivity contribution in [2.45, 2.75) is 37.7 Å². The van der Waals surface area contributed by atoms with E-state index in [1.54, 1.807) is 12.1 Å². The Morgan fingerprint density at radius 1 is 0.953 bits per heavy atom. The number of nitrogens with zero attached hydrogens (tertiary/aromatic N) is 1. The van der Waals surface area contributed by atoms with Gasteiger partial charge in [-0.3, -0.25) is 9.59 Å². The van der Waals surface area contributed by atoms with Crippen molar-refractivity contribution in [2.24, 2.45) is 17.6 Å². The van der Waals surface area contributed by atoms with E-state index >= 15 is 0 Å². The predicted octanol–water partition coefficient (Wildman–Crippen LogP) is 5.30. The molecule has 1 heterocycles. The molecule has 0 unspecified atom stereocenters. The van der Waals surface area contributed by atoms with E-state index in [0.29, 0.717) is 16.3 Å². The minimum Gasteiger partial charge on any atom is -0.508 e. The van der Waals surface area contributed by atoms with Crippen LogP contribution in [-0.2, 0) is 19.6 Å². The Hall–Kier alpha value is -4.44. The highest BCUT2D eigenvalue weighted by atomic mass is 35.5. The number of hydrogen-bond donors (Lipinski definition) is 3. The lowest BCUT2D eigenvalue weighted by atomic mass is 9.59. The number of nitrogens with two attached hydrogens (primary N) is 1. The number of ether oxygens (including phenoxy) is 2. The van der Waals surface area contributed by atoms with Gasteiger partial charge in [0.2, 0.25) is 5.78 Å². The molecule has 9 nitrogen and oxygen atoms in total. The fraction of sp³-hybridized carbons (Fsp3) is 0.242. The Kier molecular flexibility index (Phi) is 6.61. The van der Waals surface area contributed by atoms with Gasteiger partial charge in [-0.1, -0.05) is 72.3 Å². The molecule has 0 aliphatic heterocycles. The van der Waals surface area contributed by atoms with E-state index in [-0.39, 0.29) is 54.4 Å².